The number of hydrogen-bond donors (Lipinski definition) is 2. The van der Waals surface area contributed by atoms with E-state index in [0.29, 0.717) is 56.5 Å². The lowest BCUT2D eigenvalue weighted by Gasteiger charge is -2.35. The van der Waals surface area contributed by atoms with Crippen molar-refractivity contribution in [1.29, 1.82) is 5.41 Å². The highest BCUT2D eigenvalue weighted by atomic mass is 19.1. The Balaban J connectivity index is 1.36. The van der Waals surface area contributed by atoms with Crippen molar-refractivity contribution in [2.24, 2.45) is 11.7 Å². The maximum atomic E-state index is 15.0. The van der Waals surface area contributed by atoms with Gasteiger partial charge < -0.3 is 25.0 Å². The molecule has 0 saturated carbocycles. The van der Waals surface area contributed by atoms with Crippen LogP contribution >= 0.6 is 0 Å². The average Bonchev–Trinajstić information content (AvgIpc) is 2.88. The smallest absolute Gasteiger partial charge is 0.313 e. The highest BCUT2D eigenvalue weighted by Crippen LogP contribution is 2.27. The van der Waals surface area contributed by atoms with Gasteiger partial charge in [-0.15, -0.1) is 0 Å². The Hall–Kier alpha value is -3.60. The summed E-state index contributed by atoms with van der Waals surface area (Å²) in [7, 11) is 0. The number of ether oxygens (including phenoxy) is 2. The Kier molecular flexibility index (Phi) is 7.86. The summed E-state index contributed by atoms with van der Waals surface area (Å²) in [4.78, 5) is 37.1. The van der Waals surface area contributed by atoms with Gasteiger partial charge in [-0.25, -0.2) is 14.4 Å². The van der Waals surface area contributed by atoms with Crippen LogP contribution < -0.4 is 10.6 Å². The zero-order chi connectivity index (χ0) is 24.8. The lowest BCUT2D eigenvalue weighted by Crippen LogP contribution is -2.47. The number of rotatable bonds is 7. The highest BCUT2D eigenvalue weighted by molar-refractivity contribution is 5.94. The van der Waals surface area contributed by atoms with Crippen molar-refractivity contribution in [3.05, 3.63) is 42.0 Å². The van der Waals surface area contributed by atoms with Crippen molar-refractivity contribution < 1.29 is 23.5 Å². The van der Waals surface area contributed by atoms with Gasteiger partial charge in [-0.3, -0.25) is 15.0 Å². The molecule has 3 heterocycles. The molecule has 0 atom stereocenters. The third kappa shape index (κ3) is 6.10. The van der Waals surface area contributed by atoms with Gasteiger partial charge in [-0.05, 0) is 12.8 Å². The number of carbonyl (C=O) groups excluding carboxylic acids is 2. The van der Waals surface area contributed by atoms with E-state index in [1.165, 1.54) is 6.07 Å². The Labute approximate surface area is 202 Å². The summed E-state index contributed by atoms with van der Waals surface area (Å²) >= 11 is 0. The number of nitrogens with zero attached hydrogens (tertiary/aromatic N) is 4. The Morgan fingerprint density at radius 1 is 1.14 bits per heavy atom. The minimum Gasteiger partial charge on any atom is -0.460 e. The summed E-state index contributed by atoms with van der Waals surface area (Å²) < 4.78 is 25.4. The molecule has 2 aliphatic rings. The van der Waals surface area contributed by atoms with Crippen LogP contribution in [0.3, 0.4) is 0 Å². The lowest BCUT2D eigenvalue weighted by atomic mass is 9.95. The van der Waals surface area contributed by atoms with Crippen molar-refractivity contribution in [2.45, 2.75) is 25.9 Å². The molecule has 2 aliphatic heterocycles. The second kappa shape index (κ2) is 11.2. The van der Waals surface area contributed by atoms with E-state index in [0.717, 1.165) is 12.8 Å². The molecular weight excluding hydrogens is 455 g/mol. The third-order valence-electron chi connectivity index (χ3n) is 6.20. The first kappa shape index (κ1) is 24.5. The summed E-state index contributed by atoms with van der Waals surface area (Å²) in [6.07, 6.45) is 4.27. The standard InChI is InChI=1S/C24H29FN6O4/c25-22-17(15-35-21(32)12-20(26)27)2-1-3-19(22)18-13-28-24(29-14-18)31-6-4-16(5-7-31)23(33)30-8-10-34-11-9-30/h1-3,13-14,16H,4-12,15H2,(H3,26,27). The number of nitrogens with one attached hydrogen (secondary N) is 1. The van der Waals surface area contributed by atoms with Gasteiger partial charge in [0.15, 0.2) is 0 Å². The van der Waals surface area contributed by atoms with Crippen molar-refractivity contribution in [3.63, 3.8) is 0 Å². The number of aromatic nitrogens is 2. The fourth-order valence-corrected chi connectivity index (χ4v) is 4.27. The third-order valence-corrected chi connectivity index (χ3v) is 6.20. The molecule has 10 nitrogen and oxygen atoms in total. The number of morpholine rings is 1. The SMILES string of the molecule is N=C(N)CC(=O)OCc1cccc(-c2cnc(N3CCC(C(=O)N4CCOCC4)CC3)nc2)c1F. The van der Waals surface area contributed by atoms with Crippen molar-refractivity contribution in [1.82, 2.24) is 14.9 Å². The molecule has 0 radical (unpaired) electrons. The number of nitrogens with two attached hydrogens (primary N) is 1. The zero-order valence-electron chi connectivity index (χ0n) is 19.4. The molecule has 0 spiro atoms. The van der Waals surface area contributed by atoms with Gasteiger partial charge in [0.25, 0.3) is 0 Å². The number of anilines is 1. The van der Waals surface area contributed by atoms with Crippen LogP contribution in [0, 0.1) is 17.1 Å². The van der Waals surface area contributed by atoms with Crippen LogP contribution in [-0.2, 0) is 25.7 Å². The van der Waals surface area contributed by atoms with Gasteiger partial charge in [-0.1, -0.05) is 18.2 Å². The predicted octanol–water partition coefficient (Wildman–Crippen LogP) is 1.73. The van der Waals surface area contributed by atoms with Crippen molar-refractivity contribution in [2.75, 3.05) is 44.3 Å². The van der Waals surface area contributed by atoms with Gasteiger partial charge in [0.05, 0.1) is 13.2 Å². The van der Waals surface area contributed by atoms with E-state index in [4.69, 9.17) is 20.6 Å². The molecule has 0 unspecified atom stereocenters. The minimum absolute atomic E-state index is 0.00464. The molecule has 11 heteroatoms. The highest BCUT2D eigenvalue weighted by Gasteiger charge is 2.30. The molecule has 1 amide bonds. The lowest BCUT2D eigenvalue weighted by molar-refractivity contribution is -0.143. The molecule has 1 aromatic heterocycles. The first-order valence-electron chi connectivity index (χ1n) is 11.6. The topological polar surface area (TPSA) is 135 Å². The van der Waals surface area contributed by atoms with Gasteiger partial charge in [-0.2, -0.15) is 0 Å². The predicted molar refractivity (Wildman–Crippen MR) is 126 cm³/mol. The van der Waals surface area contributed by atoms with E-state index in [9.17, 15) is 9.59 Å². The van der Waals surface area contributed by atoms with Crippen LogP contribution in [-0.4, -0.2) is 72.0 Å². The zero-order valence-corrected chi connectivity index (χ0v) is 19.4. The fraction of sp³-hybridized carbons (Fsp3) is 0.458. The number of piperidine rings is 1. The Morgan fingerprint density at radius 2 is 1.83 bits per heavy atom. The molecular formula is C24H29FN6O4. The molecule has 3 N–H and O–H groups in total. The van der Waals surface area contributed by atoms with E-state index in [1.807, 2.05) is 9.80 Å². The molecule has 1 aromatic carbocycles. The molecule has 186 valence electrons. The summed E-state index contributed by atoms with van der Waals surface area (Å²) in [6, 6.07) is 4.80. The van der Waals surface area contributed by atoms with Gasteiger partial charge in [0.1, 0.15) is 24.7 Å². The maximum absolute atomic E-state index is 15.0. The molecule has 2 saturated heterocycles. The Morgan fingerprint density at radius 3 is 2.49 bits per heavy atom. The number of esters is 1. The van der Waals surface area contributed by atoms with Crippen LogP contribution in [0.4, 0.5) is 10.3 Å². The van der Waals surface area contributed by atoms with E-state index >= 15 is 4.39 Å². The summed E-state index contributed by atoms with van der Waals surface area (Å²) in [5, 5.41) is 7.12. The van der Waals surface area contributed by atoms with Crippen LogP contribution in [0.25, 0.3) is 11.1 Å². The second-order valence-corrected chi connectivity index (χ2v) is 8.61. The largest absolute Gasteiger partial charge is 0.460 e. The van der Waals surface area contributed by atoms with E-state index in [1.54, 1.807) is 24.5 Å². The molecule has 35 heavy (non-hydrogen) atoms. The van der Waals surface area contributed by atoms with Crippen LogP contribution in [0.1, 0.15) is 24.8 Å². The quantitative estimate of drug-likeness (QED) is 0.345. The number of benzene rings is 1. The van der Waals surface area contributed by atoms with Crippen molar-refractivity contribution >= 4 is 23.7 Å². The number of hydrogen-bond acceptors (Lipinski definition) is 8. The van der Waals surface area contributed by atoms with Crippen LogP contribution in [0.2, 0.25) is 0 Å². The molecule has 2 aromatic rings. The average molecular weight is 485 g/mol. The molecule has 2 fully saturated rings. The normalized spacial score (nSPS) is 16.7. The minimum atomic E-state index is -0.689. The number of halogens is 1. The molecule has 0 aliphatic carbocycles. The number of amidine groups is 1. The first-order valence-corrected chi connectivity index (χ1v) is 11.6. The van der Waals surface area contributed by atoms with E-state index < -0.39 is 11.8 Å². The van der Waals surface area contributed by atoms with Gasteiger partial charge >= 0.3 is 5.97 Å². The number of carbonyl (C=O) groups is 2. The Bertz CT molecular complexity index is 1070. The summed E-state index contributed by atoms with van der Waals surface area (Å²) in [5.41, 5.74) is 6.18. The van der Waals surface area contributed by atoms with Crippen LogP contribution in [0.15, 0.2) is 30.6 Å². The molecule has 0 bridgehead atoms. The van der Waals surface area contributed by atoms with Crippen molar-refractivity contribution in [3.8, 4) is 11.1 Å². The fourth-order valence-electron chi connectivity index (χ4n) is 4.27. The van der Waals surface area contributed by atoms with Gasteiger partial charge in [0, 0.05) is 61.2 Å². The second-order valence-electron chi connectivity index (χ2n) is 8.61. The number of amides is 1. The van der Waals surface area contributed by atoms with E-state index in [-0.39, 0.29) is 36.3 Å². The van der Waals surface area contributed by atoms with E-state index in [2.05, 4.69) is 9.97 Å². The monoisotopic (exact) mass is 484 g/mol. The summed E-state index contributed by atoms with van der Waals surface area (Å²) in [5.74, 6) is -0.779. The maximum Gasteiger partial charge on any atom is 0.313 e. The molecule has 4 rings (SSSR count). The van der Waals surface area contributed by atoms with Gasteiger partial charge in [0.2, 0.25) is 11.9 Å². The first-order chi connectivity index (χ1) is 16.9. The summed E-state index contributed by atoms with van der Waals surface area (Å²) in [6.45, 7) is 3.59. The van der Waals surface area contributed by atoms with Crippen LogP contribution in [0.5, 0.6) is 0 Å².